The maximum Gasteiger partial charge on any atom is 0.0725 e. The summed E-state index contributed by atoms with van der Waals surface area (Å²) in [6.45, 7) is 0. The van der Waals surface area contributed by atoms with Crippen LogP contribution in [0.4, 0.5) is 0 Å². The van der Waals surface area contributed by atoms with E-state index in [4.69, 9.17) is 0 Å². The number of rotatable bonds is 4. The average molecular weight is 648 g/mol. The Morgan fingerprint density at radius 2 is 0.843 bits per heavy atom. The lowest BCUT2D eigenvalue weighted by molar-refractivity contribution is 0.793. The summed E-state index contributed by atoms with van der Waals surface area (Å²) in [6.07, 6.45) is 0.879. The maximum absolute atomic E-state index is 2.38. The molecule has 1 aromatic heterocycles. The Morgan fingerprint density at radius 3 is 1.45 bits per heavy atom. The van der Waals surface area contributed by atoms with E-state index in [1.807, 2.05) is 0 Å². The van der Waals surface area contributed by atoms with Gasteiger partial charge in [-0.15, -0.1) is 0 Å². The van der Waals surface area contributed by atoms with Gasteiger partial charge < -0.3 is 4.57 Å². The van der Waals surface area contributed by atoms with E-state index in [-0.39, 0.29) is 5.41 Å². The molecule has 11 rings (SSSR count). The van der Waals surface area contributed by atoms with E-state index in [0.717, 1.165) is 6.42 Å². The van der Waals surface area contributed by atoms with Crippen LogP contribution in [0, 0.1) is 0 Å². The predicted molar refractivity (Wildman–Crippen MR) is 212 cm³/mol. The molecule has 0 saturated heterocycles. The minimum Gasteiger partial charge on any atom is -0.309 e. The lowest BCUT2D eigenvalue weighted by Crippen LogP contribution is -2.25. The van der Waals surface area contributed by atoms with Crippen molar-refractivity contribution in [3.63, 3.8) is 0 Å². The van der Waals surface area contributed by atoms with Crippen LogP contribution in [-0.4, -0.2) is 4.57 Å². The zero-order valence-corrected chi connectivity index (χ0v) is 28.1. The van der Waals surface area contributed by atoms with E-state index < -0.39 is 0 Å². The van der Waals surface area contributed by atoms with Crippen molar-refractivity contribution in [3.05, 3.63) is 221 Å². The van der Waals surface area contributed by atoms with Gasteiger partial charge in [-0.3, -0.25) is 0 Å². The highest BCUT2D eigenvalue weighted by molar-refractivity contribution is 6.09. The Balaban J connectivity index is 0.957. The van der Waals surface area contributed by atoms with Crippen molar-refractivity contribution in [1.29, 1.82) is 0 Å². The molecule has 0 aliphatic heterocycles. The summed E-state index contributed by atoms with van der Waals surface area (Å²) < 4.78 is 2.38. The first-order valence-electron chi connectivity index (χ1n) is 17.9. The maximum atomic E-state index is 2.38. The molecular weight excluding hydrogens is 615 g/mol. The van der Waals surface area contributed by atoms with Gasteiger partial charge in [0, 0.05) is 16.5 Å². The van der Waals surface area contributed by atoms with Gasteiger partial charge >= 0.3 is 0 Å². The zero-order chi connectivity index (χ0) is 33.5. The second kappa shape index (κ2) is 10.8. The third-order valence-corrected chi connectivity index (χ3v) is 11.5. The van der Waals surface area contributed by atoms with Crippen LogP contribution >= 0.6 is 0 Å². The minimum atomic E-state index is -0.301. The molecule has 0 unspecified atom stereocenters. The summed E-state index contributed by atoms with van der Waals surface area (Å²) in [4.78, 5) is 0. The zero-order valence-electron chi connectivity index (χ0n) is 28.1. The summed E-state index contributed by atoms with van der Waals surface area (Å²) in [6, 6.07) is 69.7. The van der Waals surface area contributed by atoms with Gasteiger partial charge in [-0.05, 0) is 97.4 Å². The van der Waals surface area contributed by atoms with Crippen molar-refractivity contribution in [1.82, 2.24) is 4.57 Å². The van der Waals surface area contributed by atoms with Crippen LogP contribution in [0.3, 0.4) is 0 Å². The Labute approximate surface area is 297 Å². The van der Waals surface area contributed by atoms with E-state index in [1.165, 1.54) is 94.3 Å². The molecule has 0 radical (unpaired) electrons. The molecule has 238 valence electrons. The summed E-state index contributed by atoms with van der Waals surface area (Å²) in [5.41, 5.74) is 19.5. The van der Waals surface area contributed by atoms with Gasteiger partial charge in [0.05, 0.1) is 16.4 Å². The van der Waals surface area contributed by atoms with Crippen molar-refractivity contribution >= 4 is 21.8 Å². The van der Waals surface area contributed by atoms with Crippen LogP contribution in [0.15, 0.2) is 188 Å². The molecule has 0 atom stereocenters. The highest BCUT2D eigenvalue weighted by Gasteiger charge is 2.51. The molecule has 0 fully saturated rings. The van der Waals surface area contributed by atoms with Crippen molar-refractivity contribution in [2.75, 3.05) is 0 Å². The van der Waals surface area contributed by atoms with Crippen molar-refractivity contribution in [2.45, 2.75) is 11.8 Å². The second-order valence-electron chi connectivity index (χ2n) is 14.0. The van der Waals surface area contributed by atoms with Crippen LogP contribution in [0.2, 0.25) is 0 Å². The lowest BCUT2D eigenvalue weighted by Gasteiger charge is -2.30. The van der Waals surface area contributed by atoms with Crippen LogP contribution in [-0.2, 0) is 11.8 Å². The average Bonchev–Trinajstić information content (AvgIpc) is 3.81. The van der Waals surface area contributed by atoms with E-state index >= 15 is 0 Å². The second-order valence-corrected chi connectivity index (χ2v) is 14.0. The summed E-state index contributed by atoms with van der Waals surface area (Å²) in [5.74, 6) is 0. The summed E-state index contributed by atoms with van der Waals surface area (Å²) in [7, 11) is 0. The summed E-state index contributed by atoms with van der Waals surface area (Å²) >= 11 is 0. The molecule has 2 aliphatic carbocycles. The molecule has 51 heavy (non-hydrogen) atoms. The lowest BCUT2D eigenvalue weighted by atomic mass is 9.70. The number of hydrogen-bond acceptors (Lipinski definition) is 0. The van der Waals surface area contributed by atoms with E-state index in [1.54, 1.807) is 0 Å². The molecule has 1 nitrogen and oxygen atoms in total. The quantitative estimate of drug-likeness (QED) is 0.179. The highest BCUT2D eigenvalue weighted by atomic mass is 15.0. The normalized spacial score (nSPS) is 13.3. The van der Waals surface area contributed by atoms with E-state index in [9.17, 15) is 0 Å². The third kappa shape index (κ3) is 3.92. The standard InChI is InChI=1S/C50H33N/c1-6-18-43-38(13-1)39-14-2-7-19-44(39)50(43)45-20-8-3-17-42(45)49-36(12-11-21-46(49)50)32-33-24-26-34(27-25-33)35-28-30-37(31-29-35)51-47-22-9-4-15-40(47)41-16-5-10-23-48(41)51/h1-31H,32H2. The Hall–Kier alpha value is -6.44. The number of fused-ring (bicyclic) bond motifs is 13. The molecule has 9 aromatic rings. The van der Waals surface area contributed by atoms with Gasteiger partial charge in [0.1, 0.15) is 0 Å². The number of para-hydroxylation sites is 2. The Morgan fingerprint density at radius 1 is 0.373 bits per heavy atom. The first-order chi connectivity index (χ1) is 25.3. The van der Waals surface area contributed by atoms with Crippen molar-refractivity contribution in [3.8, 4) is 39.1 Å². The largest absolute Gasteiger partial charge is 0.309 e. The molecule has 1 heteroatoms. The van der Waals surface area contributed by atoms with E-state index in [0.29, 0.717) is 0 Å². The van der Waals surface area contributed by atoms with Crippen LogP contribution < -0.4 is 0 Å². The third-order valence-electron chi connectivity index (χ3n) is 11.5. The Bertz CT molecular complexity index is 2720. The van der Waals surface area contributed by atoms with Crippen molar-refractivity contribution < 1.29 is 0 Å². The number of hydrogen-bond donors (Lipinski definition) is 0. The van der Waals surface area contributed by atoms with Gasteiger partial charge in [-0.25, -0.2) is 0 Å². The smallest absolute Gasteiger partial charge is 0.0725 e. The van der Waals surface area contributed by atoms with Crippen LogP contribution in [0.1, 0.15) is 33.4 Å². The van der Waals surface area contributed by atoms with Crippen molar-refractivity contribution in [2.24, 2.45) is 0 Å². The van der Waals surface area contributed by atoms with Gasteiger partial charge in [-0.1, -0.05) is 164 Å². The monoisotopic (exact) mass is 647 g/mol. The highest BCUT2D eigenvalue weighted by Crippen LogP contribution is 2.63. The molecule has 1 spiro atoms. The Kier molecular flexibility index (Phi) is 6.00. The molecule has 8 aromatic carbocycles. The molecule has 0 saturated carbocycles. The SMILES string of the molecule is c1ccc2c(c1)-c1ccccc1C21c2ccccc2-c2c(Cc3ccc(-c4ccc(-n5c6ccccc6c6ccccc65)cc4)cc3)cccc21. The topological polar surface area (TPSA) is 4.93 Å². The van der Waals surface area contributed by atoms with Gasteiger partial charge in [-0.2, -0.15) is 0 Å². The van der Waals surface area contributed by atoms with Gasteiger partial charge in [0.25, 0.3) is 0 Å². The molecular formula is C50H33N. The number of benzene rings is 8. The van der Waals surface area contributed by atoms with Crippen LogP contribution in [0.5, 0.6) is 0 Å². The number of aromatic nitrogens is 1. The fourth-order valence-electron chi connectivity index (χ4n) is 9.41. The minimum absolute atomic E-state index is 0.301. The predicted octanol–water partition coefficient (Wildman–Crippen LogP) is 12.4. The molecule has 2 aliphatic rings. The van der Waals surface area contributed by atoms with E-state index in [2.05, 4.69) is 193 Å². The summed E-state index contributed by atoms with van der Waals surface area (Å²) in [5, 5.41) is 2.57. The number of nitrogens with zero attached hydrogens (tertiary/aromatic N) is 1. The fourth-order valence-corrected chi connectivity index (χ4v) is 9.41. The molecule has 0 amide bonds. The molecule has 1 heterocycles. The molecule has 0 N–H and O–H groups in total. The first-order valence-corrected chi connectivity index (χ1v) is 17.9. The van der Waals surface area contributed by atoms with Gasteiger partial charge in [0.2, 0.25) is 0 Å². The first kappa shape index (κ1) is 28.4. The molecule has 0 bridgehead atoms. The fraction of sp³-hybridized carbons (Fsp3) is 0.0400. The van der Waals surface area contributed by atoms with Gasteiger partial charge in [0.15, 0.2) is 0 Å². The van der Waals surface area contributed by atoms with Crippen LogP contribution in [0.25, 0.3) is 60.9 Å².